The van der Waals surface area contributed by atoms with Crippen molar-refractivity contribution in [3.05, 3.63) is 42.7 Å². The summed E-state index contributed by atoms with van der Waals surface area (Å²) in [5.74, 6) is -0.253. The first-order valence-electron chi connectivity index (χ1n) is 5.72. The van der Waals surface area contributed by atoms with Gasteiger partial charge in [0.2, 0.25) is 0 Å². The van der Waals surface area contributed by atoms with Crippen molar-refractivity contribution in [2.24, 2.45) is 0 Å². The van der Waals surface area contributed by atoms with Crippen LogP contribution >= 0.6 is 0 Å². The molecular formula is C12H11N5O2. The van der Waals surface area contributed by atoms with Crippen LogP contribution in [0.1, 0.15) is 5.82 Å². The van der Waals surface area contributed by atoms with Crippen LogP contribution in [0.25, 0.3) is 11.0 Å². The fourth-order valence-electron chi connectivity index (χ4n) is 2.02. The first-order valence-corrected chi connectivity index (χ1v) is 5.72. The molecule has 2 aromatic heterocycles. The van der Waals surface area contributed by atoms with Crippen LogP contribution in [0.3, 0.4) is 0 Å². The summed E-state index contributed by atoms with van der Waals surface area (Å²) in [6.45, 7) is 0.270. The molecule has 96 valence electrons. The van der Waals surface area contributed by atoms with Crippen molar-refractivity contribution in [2.75, 3.05) is 0 Å². The van der Waals surface area contributed by atoms with E-state index in [0.29, 0.717) is 12.4 Å². The molecule has 0 aliphatic rings. The van der Waals surface area contributed by atoms with Crippen LogP contribution in [0.15, 0.2) is 36.9 Å². The topological polar surface area (TPSA) is 85.8 Å². The van der Waals surface area contributed by atoms with E-state index in [0.717, 1.165) is 11.0 Å². The molecule has 2 heterocycles. The number of benzene rings is 1. The molecule has 7 nitrogen and oxygen atoms in total. The quantitative estimate of drug-likeness (QED) is 0.745. The van der Waals surface area contributed by atoms with Gasteiger partial charge >= 0.3 is 5.97 Å². The van der Waals surface area contributed by atoms with E-state index in [2.05, 4.69) is 15.1 Å². The number of aliphatic carboxylic acids is 1. The number of rotatable bonds is 4. The van der Waals surface area contributed by atoms with Gasteiger partial charge < -0.3 is 9.67 Å². The molecule has 3 aromatic rings. The Morgan fingerprint density at radius 2 is 2.16 bits per heavy atom. The van der Waals surface area contributed by atoms with E-state index in [1.54, 1.807) is 15.6 Å². The maximum atomic E-state index is 11.0. The second kappa shape index (κ2) is 4.52. The van der Waals surface area contributed by atoms with E-state index in [9.17, 15) is 4.79 Å². The van der Waals surface area contributed by atoms with E-state index < -0.39 is 5.97 Å². The predicted octanol–water partition coefficient (Wildman–Crippen LogP) is 0.761. The van der Waals surface area contributed by atoms with Gasteiger partial charge in [-0.2, -0.15) is 5.10 Å². The molecule has 1 N–H and O–H groups in total. The predicted molar refractivity (Wildman–Crippen MR) is 66.5 cm³/mol. The van der Waals surface area contributed by atoms with Crippen molar-refractivity contribution in [1.82, 2.24) is 24.3 Å². The van der Waals surface area contributed by atoms with Gasteiger partial charge in [-0.25, -0.2) is 14.6 Å². The average molecular weight is 257 g/mol. The van der Waals surface area contributed by atoms with Crippen LogP contribution in [0.2, 0.25) is 0 Å². The average Bonchev–Trinajstić information content (AvgIpc) is 2.99. The largest absolute Gasteiger partial charge is 0.480 e. The minimum Gasteiger partial charge on any atom is -0.480 e. The molecule has 0 radical (unpaired) electrons. The van der Waals surface area contributed by atoms with Gasteiger partial charge in [-0.15, -0.1) is 0 Å². The summed E-state index contributed by atoms with van der Waals surface area (Å²) in [7, 11) is 0. The summed E-state index contributed by atoms with van der Waals surface area (Å²) in [6.07, 6.45) is 3.01. The highest BCUT2D eigenvalue weighted by atomic mass is 16.4. The van der Waals surface area contributed by atoms with Crippen LogP contribution in [0, 0.1) is 0 Å². The third kappa shape index (κ3) is 2.17. The van der Waals surface area contributed by atoms with Gasteiger partial charge in [-0.05, 0) is 12.1 Å². The first-order chi connectivity index (χ1) is 9.24. The van der Waals surface area contributed by atoms with Crippen molar-refractivity contribution in [2.45, 2.75) is 13.1 Å². The summed E-state index contributed by atoms with van der Waals surface area (Å²) in [5.41, 5.74) is 1.58. The van der Waals surface area contributed by atoms with Gasteiger partial charge in [0.25, 0.3) is 0 Å². The molecule has 19 heavy (non-hydrogen) atoms. The summed E-state index contributed by atoms with van der Waals surface area (Å²) < 4.78 is 3.29. The maximum absolute atomic E-state index is 11.0. The minimum atomic E-state index is -0.900. The fraction of sp³-hybridized carbons (Fsp3) is 0.167. The van der Waals surface area contributed by atoms with Gasteiger partial charge in [0, 0.05) is 0 Å². The molecule has 0 aliphatic carbocycles. The number of carbonyl (C=O) groups is 1. The third-order valence-electron chi connectivity index (χ3n) is 2.80. The SMILES string of the molecule is O=C(O)Cn1c(Cn2cncn2)nc2ccccc21. The first kappa shape index (κ1) is 11.4. The second-order valence-electron chi connectivity index (χ2n) is 4.09. The van der Waals surface area contributed by atoms with E-state index in [4.69, 9.17) is 5.11 Å². The summed E-state index contributed by atoms with van der Waals surface area (Å²) in [4.78, 5) is 19.3. The number of carboxylic acids is 1. The molecule has 0 amide bonds. The lowest BCUT2D eigenvalue weighted by Gasteiger charge is -2.05. The second-order valence-corrected chi connectivity index (χ2v) is 4.09. The fourth-order valence-corrected chi connectivity index (χ4v) is 2.02. The number of para-hydroxylation sites is 2. The number of carboxylic acid groups (broad SMARTS) is 1. The molecule has 0 saturated carbocycles. The van der Waals surface area contributed by atoms with Crippen LogP contribution in [-0.4, -0.2) is 35.4 Å². The highest BCUT2D eigenvalue weighted by Crippen LogP contribution is 2.16. The Bertz CT molecular complexity index is 717. The zero-order chi connectivity index (χ0) is 13.2. The molecule has 7 heteroatoms. The maximum Gasteiger partial charge on any atom is 0.323 e. The van der Waals surface area contributed by atoms with Crippen LogP contribution < -0.4 is 0 Å². The van der Waals surface area contributed by atoms with Crippen LogP contribution in [0.4, 0.5) is 0 Å². The smallest absolute Gasteiger partial charge is 0.323 e. The standard InChI is InChI=1S/C12H11N5O2/c18-12(19)6-17-10-4-2-1-3-9(10)15-11(17)5-16-8-13-7-14-16/h1-4,7-8H,5-6H2,(H,18,19). The molecule has 0 aliphatic heterocycles. The Morgan fingerprint density at radius 1 is 1.32 bits per heavy atom. The molecule has 0 atom stereocenters. The van der Waals surface area contributed by atoms with Crippen molar-refractivity contribution >= 4 is 17.0 Å². The van der Waals surface area contributed by atoms with Crippen molar-refractivity contribution in [1.29, 1.82) is 0 Å². The Hall–Kier alpha value is -2.70. The lowest BCUT2D eigenvalue weighted by atomic mass is 10.3. The molecule has 0 unspecified atom stereocenters. The minimum absolute atomic E-state index is 0.120. The molecule has 0 saturated heterocycles. The molecule has 3 rings (SSSR count). The number of hydrogen-bond donors (Lipinski definition) is 1. The van der Waals surface area contributed by atoms with Crippen molar-refractivity contribution < 1.29 is 9.90 Å². The summed E-state index contributed by atoms with van der Waals surface area (Å²) >= 11 is 0. The number of fused-ring (bicyclic) bond motifs is 1. The molecule has 0 bridgehead atoms. The van der Waals surface area contributed by atoms with Gasteiger partial charge in [0.1, 0.15) is 31.6 Å². The van der Waals surface area contributed by atoms with Gasteiger partial charge in [0.15, 0.2) is 0 Å². The Balaban J connectivity index is 2.08. The van der Waals surface area contributed by atoms with Crippen LogP contribution in [-0.2, 0) is 17.9 Å². The zero-order valence-electron chi connectivity index (χ0n) is 9.97. The van der Waals surface area contributed by atoms with Crippen molar-refractivity contribution in [3.63, 3.8) is 0 Å². The summed E-state index contributed by atoms with van der Waals surface area (Å²) in [6, 6.07) is 7.45. The normalized spacial score (nSPS) is 10.9. The van der Waals surface area contributed by atoms with Gasteiger partial charge in [0.05, 0.1) is 11.0 Å². The molecular weight excluding hydrogens is 246 g/mol. The highest BCUT2D eigenvalue weighted by molar-refractivity contribution is 5.78. The summed E-state index contributed by atoms with van der Waals surface area (Å²) in [5, 5.41) is 13.0. The number of imidazole rings is 1. The third-order valence-corrected chi connectivity index (χ3v) is 2.80. The zero-order valence-corrected chi connectivity index (χ0v) is 9.97. The Kier molecular flexibility index (Phi) is 2.71. The number of aromatic nitrogens is 5. The molecule has 1 aromatic carbocycles. The van der Waals surface area contributed by atoms with E-state index in [1.807, 2.05) is 24.3 Å². The Labute approximate surface area is 108 Å². The van der Waals surface area contributed by atoms with Gasteiger partial charge in [-0.1, -0.05) is 12.1 Å². The van der Waals surface area contributed by atoms with Crippen LogP contribution in [0.5, 0.6) is 0 Å². The molecule has 0 fully saturated rings. The Morgan fingerprint density at radius 3 is 2.89 bits per heavy atom. The monoisotopic (exact) mass is 257 g/mol. The van der Waals surface area contributed by atoms with E-state index >= 15 is 0 Å². The van der Waals surface area contributed by atoms with E-state index in [1.165, 1.54) is 6.33 Å². The lowest BCUT2D eigenvalue weighted by Crippen LogP contribution is -2.14. The number of hydrogen-bond acceptors (Lipinski definition) is 4. The highest BCUT2D eigenvalue weighted by Gasteiger charge is 2.13. The van der Waals surface area contributed by atoms with E-state index in [-0.39, 0.29) is 6.54 Å². The number of nitrogens with zero attached hydrogens (tertiary/aromatic N) is 5. The van der Waals surface area contributed by atoms with Gasteiger partial charge in [-0.3, -0.25) is 4.79 Å². The molecule has 0 spiro atoms. The lowest BCUT2D eigenvalue weighted by molar-refractivity contribution is -0.137. The van der Waals surface area contributed by atoms with Crippen molar-refractivity contribution in [3.8, 4) is 0 Å².